The summed E-state index contributed by atoms with van der Waals surface area (Å²) in [5.41, 5.74) is 5.31. The number of benzene rings is 4. The molecule has 0 spiro atoms. The smallest absolute Gasteiger partial charge is 0.271 e. The third-order valence-corrected chi connectivity index (χ3v) is 6.43. The molecule has 0 bridgehead atoms. The van der Waals surface area contributed by atoms with E-state index in [1.54, 1.807) is 18.2 Å². The first-order valence-electron chi connectivity index (χ1n) is 11.1. The van der Waals surface area contributed by atoms with Gasteiger partial charge >= 0.3 is 0 Å². The molecule has 0 aromatic heterocycles. The molecule has 0 fully saturated rings. The minimum atomic E-state index is -0.457. The normalized spacial score (nSPS) is 11.1. The number of halogens is 2. The zero-order valence-electron chi connectivity index (χ0n) is 19.4. The van der Waals surface area contributed by atoms with Crippen LogP contribution in [0.5, 0.6) is 5.75 Å². The largest absolute Gasteiger partial charge is 0.506 e. The molecule has 0 aliphatic rings. The summed E-state index contributed by atoms with van der Waals surface area (Å²) in [5, 5.41) is 16.1. The second kappa shape index (κ2) is 11.2. The highest BCUT2D eigenvalue weighted by molar-refractivity contribution is 6.32. The third-order valence-electron chi connectivity index (χ3n) is 5.76. The summed E-state index contributed by atoms with van der Waals surface area (Å²) in [6.07, 6.45) is 1.79. The molecule has 0 unspecified atom stereocenters. The zero-order chi connectivity index (χ0) is 25.7. The van der Waals surface area contributed by atoms with Crippen LogP contribution in [0.3, 0.4) is 0 Å². The number of fused-ring (bicyclic) bond motifs is 1. The van der Waals surface area contributed by atoms with Gasteiger partial charge in [0.15, 0.2) is 0 Å². The number of rotatable bonds is 7. The highest BCUT2D eigenvalue weighted by atomic mass is 35.5. The van der Waals surface area contributed by atoms with Crippen LogP contribution < -0.4 is 5.43 Å². The number of carbonyl (C=O) groups excluding carboxylic acids is 2. The molecule has 0 heterocycles. The molecule has 0 aliphatic heterocycles. The lowest BCUT2D eigenvalue weighted by Crippen LogP contribution is -2.27. The average molecular weight is 520 g/mol. The van der Waals surface area contributed by atoms with E-state index in [2.05, 4.69) is 10.5 Å². The second-order valence-corrected chi connectivity index (χ2v) is 9.06. The Kier molecular flexibility index (Phi) is 7.88. The van der Waals surface area contributed by atoms with Gasteiger partial charge in [0.1, 0.15) is 5.75 Å². The molecular formula is C28H23Cl2N3O3. The lowest BCUT2D eigenvalue weighted by Gasteiger charge is -2.19. The van der Waals surface area contributed by atoms with Crippen LogP contribution in [0.2, 0.25) is 10.0 Å². The van der Waals surface area contributed by atoms with Crippen LogP contribution >= 0.6 is 23.2 Å². The number of carbonyl (C=O) groups is 2. The summed E-state index contributed by atoms with van der Waals surface area (Å²) in [6.45, 7) is 0.424. The zero-order valence-corrected chi connectivity index (χ0v) is 20.9. The third kappa shape index (κ3) is 5.85. The standard InChI is InChI=1S/C28H23Cl2N3O3/c1-33(17-21-6-2-5-9-24(21)29)27(35)15-18-10-11-20(23-8-4-3-7-22(18)23)16-31-32-28(36)19-12-13-26(34)25(30)14-19/h2-14,16,34H,15,17H2,1H3,(H,32,36)/b31-16+. The quantitative estimate of drug-likeness (QED) is 0.238. The molecule has 4 aromatic rings. The molecule has 2 amide bonds. The summed E-state index contributed by atoms with van der Waals surface area (Å²) >= 11 is 12.1. The molecule has 2 N–H and O–H groups in total. The van der Waals surface area contributed by atoms with E-state index in [1.165, 1.54) is 18.2 Å². The number of phenols is 1. The van der Waals surface area contributed by atoms with Gasteiger partial charge in [0.25, 0.3) is 5.91 Å². The molecule has 8 heteroatoms. The first kappa shape index (κ1) is 25.2. The molecule has 0 aliphatic carbocycles. The molecule has 0 saturated carbocycles. The maximum atomic E-state index is 13.0. The number of hydrazone groups is 1. The van der Waals surface area contributed by atoms with Crippen molar-refractivity contribution in [1.82, 2.24) is 10.3 Å². The Hall–Kier alpha value is -3.87. The van der Waals surface area contributed by atoms with Crippen molar-refractivity contribution in [1.29, 1.82) is 0 Å². The Morgan fingerprint density at radius 1 is 0.917 bits per heavy atom. The Balaban J connectivity index is 1.49. The van der Waals surface area contributed by atoms with Crippen LogP contribution in [0.15, 0.2) is 84.0 Å². The van der Waals surface area contributed by atoms with Gasteiger partial charge in [-0.25, -0.2) is 5.43 Å². The number of likely N-dealkylation sites (N-methyl/N-ethyl adjacent to an activating group) is 1. The Morgan fingerprint density at radius 2 is 1.64 bits per heavy atom. The van der Waals surface area contributed by atoms with Crippen molar-refractivity contribution in [3.63, 3.8) is 0 Å². The first-order chi connectivity index (χ1) is 17.3. The number of nitrogens with one attached hydrogen (secondary N) is 1. The monoisotopic (exact) mass is 519 g/mol. The number of hydrogen-bond acceptors (Lipinski definition) is 4. The highest BCUT2D eigenvalue weighted by Crippen LogP contribution is 2.25. The van der Waals surface area contributed by atoms with Crippen LogP contribution in [-0.4, -0.2) is 35.1 Å². The predicted octanol–water partition coefficient (Wildman–Crippen LogP) is 5.82. The minimum Gasteiger partial charge on any atom is -0.506 e. The van der Waals surface area contributed by atoms with Crippen molar-refractivity contribution in [2.24, 2.45) is 5.10 Å². The second-order valence-electron chi connectivity index (χ2n) is 8.24. The van der Waals surface area contributed by atoms with Crippen molar-refractivity contribution < 1.29 is 14.7 Å². The van der Waals surface area contributed by atoms with Gasteiger partial charge < -0.3 is 10.0 Å². The SMILES string of the molecule is CN(Cc1ccccc1Cl)C(=O)Cc1ccc(/C=N/NC(=O)c2ccc(O)c(Cl)c2)c2ccccc12. The number of aromatic hydroxyl groups is 1. The van der Waals surface area contributed by atoms with E-state index in [0.717, 1.165) is 27.5 Å². The topological polar surface area (TPSA) is 82.0 Å². The molecule has 0 radical (unpaired) electrons. The van der Waals surface area contributed by atoms with Gasteiger partial charge in [-0.15, -0.1) is 0 Å². The fraction of sp³-hybridized carbons (Fsp3) is 0.107. The van der Waals surface area contributed by atoms with E-state index in [-0.39, 0.29) is 28.7 Å². The minimum absolute atomic E-state index is 0.0266. The molecule has 4 aromatic carbocycles. The lowest BCUT2D eigenvalue weighted by atomic mass is 9.98. The maximum Gasteiger partial charge on any atom is 0.271 e. The van der Waals surface area contributed by atoms with Gasteiger partial charge in [0.2, 0.25) is 5.91 Å². The van der Waals surface area contributed by atoms with E-state index >= 15 is 0 Å². The summed E-state index contributed by atoms with van der Waals surface area (Å²) in [7, 11) is 1.76. The molecule has 0 atom stereocenters. The predicted molar refractivity (Wildman–Crippen MR) is 144 cm³/mol. The van der Waals surface area contributed by atoms with Crippen molar-refractivity contribution in [2.45, 2.75) is 13.0 Å². The van der Waals surface area contributed by atoms with Crippen molar-refractivity contribution in [2.75, 3.05) is 7.05 Å². The van der Waals surface area contributed by atoms with Gasteiger partial charge in [0.05, 0.1) is 17.7 Å². The highest BCUT2D eigenvalue weighted by Gasteiger charge is 2.14. The van der Waals surface area contributed by atoms with Crippen LogP contribution in [0.1, 0.15) is 27.0 Å². The Morgan fingerprint density at radius 3 is 2.39 bits per heavy atom. The van der Waals surface area contributed by atoms with Crippen LogP contribution in [-0.2, 0) is 17.8 Å². The number of hydrogen-bond donors (Lipinski definition) is 2. The van der Waals surface area contributed by atoms with Gasteiger partial charge in [-0.1, -0.05) is 77.8 Å². The molecule has 4 rings (SSSR count). The molecule has 0 saturated heterocycles. The Bertz CT molecular complexity index is 1470. The molecule has 36 heavy (non-hydrogen) atoms. The first-order valence-corrected chi connectivity index (χ1v) is 11.9. The van der Waals surface area contributed by atoms with Crippen molar-refractivity contribution in [3.8, 4) is 5.75 Å². The van der Waals surface area contributed by atoms with E-state index < -0.39 is 5.91 Å². The van der Waals surface area contributed by atoms with Crippen LogP contribution in [0, 0.1) is 0 Å². The van der Waals surface area contributed by atoms with Gasteiger partial charge in [0, 0.05) is 29.7 Å². The van der Waals surface area contributed by atoms with Gasteiger partial charge in [-0.3, -0.25) is 9.59 Å². The Labute approximate surface area is 218 Å². The summed E-state index contributed by atoms with van der Waals surface area (Å²) < 4.78 is 0. The fourth-order valence-electron chi connectivity index (χ4n) is 3.79. The van der Waals surface area contributed by atoms with E-state index in [0.29, 0.717) is 11.6 Å². The molecular weight excluding hydrogens is 497 g/mol. The van der Waals surface area contributed by atoms with Crippen molar-refractivity contribution >= 4 is 52.0 Å². The van der Waals surface area contributed by atoms with Crippen molar-refractivity contribution in [3.05, 3.63) is 111 Å². The van der Waals surface area contributed by atoms with E-state index in [1.807, 2.05) is 60.7 Å². The summed E-state index contributed by atoms with van der Waals surface area (Å²) in [4.78, 5) is 27.0. The van der Waals surface area contributed by atoms with Crippen LogP contribution in [0.25, 0.3) is 10.8 Å². The summed E-state index contributed by atoms with van der Waals surface area (Å²) in [6, 6.07) is 23.1. The van der Waals surface area contributed by atoms with E-state index in [9.17, 15) is 14.7 Å². The van der Waals surface area contributed by atoms with E-state index in [4.69, 9.17) is 23.2 Å². The number of nitrogens with zero attached hydrogens (tertiary/aromatic N) is 2. The average Bonchev–Trinajstić information content (AvgIpc) is 2.88. The summed E-state index contributed by atoms with van der Waals surface area (Å²) in [5.74, 6) is -0.584. The lowest BCUT2D eigenvalue weighted by molar-refractivity contribution is -0.129. The number of phenolic OH excluding ortho intramolecular Hbond substituents is 1. The van der Waals surface area contributed by atoms with Crippen LogP contribution in [0.4, 0.5) is 0 Å². The fourth-order valence-corrected chi connectivity index (χ4v) is 4.17. The van der Waals surface area contributed by atoms with Gasteiger partial charge in [-0.05, 0) is 46.2 Å². The molecule has 6 nitrogen and oxygen atoms in total. The molecule has 182 valence electrons. The van der Waals surface area contributed by atoms with Gasteiger partial charge in [-0.2, -0.15) is 5.10 Å². The maximum absolute atomic E-state index is 13.0. The number of amides is 2.